The Labute approximate surface area is 176 Å². The van der Waals surface area contributed by atoms with Gasteiger partial charge in [-0.15, -0.1) is 24.8 Å². The number of nitrogens with zero attached hydrogens (tertiary/aromatic N) is 2. The van der Waals surface area contributed by atoms with Crippen molar-refractivity contribution in [2.24, 2.45) is 0 Å². The van der Waals surface area contributed by atoms with Gasteiger partial charge in [-0.25, -0.2) is 0 Å². The number of halogens is 2. The molecular formula is C20H26Cl2N4O2. The maximum absolute atomic E-state index is 12.6. The normalized spacial score (nSPS) is 15.0. The van der Waals surface area contributed by atoms with Crippen molar-refractivity contribution in [2.75, 3.05) is 19.4 Å². The van der Waals surface area contributed by atoms with Gasteiger partial charge in [0.1, 0.15) is 0 Å². The highest BCUT2D eigenvalue weighted by atomic mass is 35.5. The third kappa shape index (κ3) is 4.64. The fourth-order valence-corrected chi connectivity index (χ4v) is 3.62. The number of aromatic nitrogens is 2. The van der Waals surface area contributed by atoms with Crippen molar-refractivity contribution in [2.45, 2.75) is 25.3 Å². The van der Waals surface area contributed by atoms with Crippen LogP contribution in [-0.4, -0.2) is 46.4 Å². The van der Waals surface area contributed by atoms with Gasteiger partial charge >= 0.3 is 0 Å². The zero-order valence-electron chi connectivity index (χ0n) is 15.9. The number of amides is 1. The van der Waals surface area contributed by atoms with Gasteiger partial charge in [0, 0.05) is 46.3 Å². The van der Waals surface area contributed by atoms with Crippen LogP contribution in [0.3, 0.4) is 0 Å². The molecule has 4 rings (SSSR count). The highest BCUT2D eigenvalue weighted by molar-refractivity contribution is 6.06. The van der Waals surface area contributed by atoms with Crippen LogP contribution in [-0.2, 0) is 12.8 Å². The van der Waals surface area contributed by atoms with E-state index in [1.807, 2.05) is 18.2 Å². The van der Waals surface area contributed by atoms with E-state index in [2.05, 4.69) is 34.3 Å². The maximum atomic E-state index is 12.6. The first-order valence-electron chi connectivity index (χ1n) is 8.63. The summed E-state index contributed by atoms with van der Waals surface area (Å²) in [6, 6.07) is 10.0. The average molecular weight is 425 g/mol. The minimum atomic E-state index is -0.0944. The van der Waals surface area contributed by atoms with E-state index in [4.69, 9.17) is 0 Å². The summed E-state index contributed by atoms with van der Waals surface area (Å²) in [6.45, 7) is 0. The quantitative estimate of drug-likeness (QED) is 0.675. The summed E-state index contributed by atoms with van der Waals surface area (Å²) >= 11 is 0. The minimum absolute atomic E-state index is 0. The topological polar surface area (TPSA) is 92.5 Å². The summed E-state index contributed by atoms with van der Waals surface area (Å²) in [6.07, 6.45) is 6.59. The summed E-state index contributed by atoms with van der Waals surface area (Å²) in [5.74, 6) is -0.0944. The summed E-state index contributed by atoms with van der Waals surface area (Å²) in [7, 11) is 4.27. The smallest absolute Gasteiger partial charge is 0.255 e. The number of aromatic amines is 1. The number of rotatable bonds is 3. The summed E-state index contributed by atoms with van der Waals surface area (Å²) in [5.41, 5.74) is 5.23. The second-order valence-electron chi connectivity index (χ2n) is 6.89. The number of aryl methyl sites for hydroxylation is 1. The van der Waals surface area contributed by atoms with Crippen molar-refractivity contribution in [3.8, 4) is 0 Å². The fourth-order valence-electron chi connectivity index (χ4n) is 3.62. The zero-order chi connectivity index (χ0) is 17.4. The lowest BCUT2D eigenvalue weighted by atomic mass is 9.90. The fraction of sp³-hybridized carbons (Fsp3) is 0.300. The molecule has 0 unspecified atom stereocenters. The Balaban J connectivity index is 0.00000131. The van der Waals surface area contributed by atoms with E-state index in [9.17, 15) is 4.79 Å². The van der Waals surface area contributed by atoms with Crippen LogP contribution in [0.4, 0.5) is 5.69 Å². The SMILES string of the molecule is CN(C)[C@H]1CCc2[nH]c3ccc(C(=O)Nc4ccncc4)cc3c2C1.Cl.Cl.O. The van der Waals surface area contributed by atoms with Gasteiger partial charge in [-0.3, -0.25) is 9.78 Å². The average Bonchev–Trinajstić information content (AvgIpc) is 2.99. The molecule has 0 bridgehead atoms. The number of benzene rings is 1. The van der Waals surface area contributed by atoms with Crippen molar-refractivity contribution in [1.82, 2.24) is 14.9 Å². The number of fused-ring (bicyclic) bond motifs is 3. The van der Waals surface area contributed by atoms with Crippen LogP contribution in [0.1, 0.15) is 28.0 Å². The lowest BCUT2D eigenvalue weighted by molar-refractivity contribution is 0.102. The Hall–Kier alpha value is -2.12. The molecule has 1 aromatic carbocycles. The van der Waals surface area contributed by atoms with Gasteiger partial charge < -0.3 is 20.7 Å². The van der Waals surface area contributed by atoms with Gasteiger partial charge in [0.25, 0.3) is 5.91 Å². The summed E-state index contributed by atoms with van der Waals surface area (Å²) in [4.78, 5) is 22.4. The first-order valence-corrected chi connectivity index (χ1v) is 8.63. The van der Waals surface area contributed by atoms with E-state index in [0.717, 1.165) is 24.0 Å². The monoisotopic (exact) mass is 424 g/mol. The van der Waals surface area contributed by atoms with Gasteiger partial charge in [-0.2, -0.15) is 0 Å². The first kappa shape index (κ1) is 23.9. The Bertz CT molecular complexity index is 929. The molecule has 1 atom stereocenters. The Kier molecular flexibility index (Phi) is 8.45. The Morgan fingerprint density at radius 1 is 1.18 bits per heavy atom. The molecule has 0 radical (unpaired) electrons. The van der Waals surface area contributed by atoms with Crippen molar-refractivity contribution in [3.63, 3.8) is 0 Å². The molecule has 2 aromatic heterocycles. The third-order valence-electron chi connectivity index (χ3n) is 5.09. The zero-order valence-corrected chi connectivity index (χ0v) is 17.5. The van der Waals surface area contributed by atoms with Crippen LogP contribution in [0.15, 0.2) is 42.7 Å². The highest BCUT2D eigenvalue weighted by Gasteiger charge is 2.24. The molecule has 1 amide bonds. The van der Waals surface area contributed by atoms with Gasteiger partial charge in [0.2, 0.25) is 0 Å². The van der Waals surface area contributed by atoms with Gasteiger partial charge in [0.05, 0.1) is 0 Å². The number of nitrogens with one attached hydrogen (secondary N) is 2. The van der Waals surface area contributed by atoms with Crippen LogP contribution in [0, 0.1) is 0 Å². The molecule has 0 aliphatic heterocycles. The molecule has 1 aliphatic rings. The molecule has 28 heavy (non-hydrogen) atoms. The van der Waals surface area contributed by atoms with Crippen molar-refractivity contribution < 1.29 is 10.3 Å². The Morgan fingerprint density at radius 2 is 1.89 bits per heavy atom. The summed E-state index contributed by atoms with van der Waals surface area (Å²) in [5, 5.41) is 4.10. The molecule has 8 heteroatoms. The van der Waals surface area contributed by atoms with E-state index in [0.29, 0.717) is 11.6 Å². The molecule has 0 spiro atoms. The lowest BCUT2D eigenvalue weighted by Gasteiger charge is -2.28. The largest absolute Gasteiger partial charge is 0.412 e. The van der Waals surface area contributed by atoms with Crippen LogP contribution >= 0.6 is 24.8 Å². The van der Waals surface area contributed by atoms with E-state index in [1.54, 1.807) is 24.5 Å². The van der Waals surface area contributed by atoms with Gasteiger partial charge in [-0.05, 0) is 69.3 Å². The van der Waals surface area contributed by atoms with Crippen molar-refractivity contribution in [1.29, 1.82) is 0 Å². The van der Waals surface area contributed by atoms with E-state index in [-0.39, 0.29) is 36.2 Å². The number of carbonyl (C=O) groups excluding carboxylic acids is 1. The second kappa shape index (κ2) is 9.89. The van der Waals surface area contributed by atoms with Crippen LogP contribution < -0.4 is 5.32 Å². The standard InChI is InChI=1S/C20H22N4O.2ClH.H2O/c1-24(2)15-4-6-19-17(12-15)16-11-13(3-5-18(16)23-19)20(25)22-14-7-9-21-10-8-14;;;/h3,5,7-11,15,23H,4,6,12H2,1-2H3,(H,21,22,25);2*1H;1H2/t15-;;;/m0.../s1. The number of anilines is 1. The summed E-state index contributed by atoms with van der Waals surface area (Å²) < 4.78 is 0. The molecule has 152 valence electrons. The molecule has 0 saturated heterocycles. The minimum Gasteiger partial charge on any atom is -0.412 e. The maximum Gasteiger partial charge on any atom is 0.255 e. The predicted molar refractivity (Wildman–Crippen MR) is 118 cm³/mol. The van der Waals surface area contributed by atoms with Crippen LogP contribution in [0.25, 0.3) is 10.9 Å². The number of hydrogen-bond donors (Lipinski definition) is 2. The van der Waals surface area contributed by atoms with E-state index < -0.39 is 0 Å². The molecule has 3 aromatic rings. The molecule has 0 saturated carbocycles. The van der Waals surface area contributed by atoms with Gasteiger partial charge in [-0.1, -0.05) is 0 Å². The molecule has 4 N–H and O–H groups in total. The van der Waals surface area contributed by atoms with E-state index in [1.165, 1.54) is 23.1 Å². The molecule has 1 aliphatic carbocycles. The van der Waals surface area contributed by atoms with Crippen molar-refractivity contribution in [3.05, 3.63) is 59.5 Å². The van der Waals surface area contributed by atoms with Gasteiger partial charge in [0.15, 0.2) is 0 Å². The molecule has 2 heterocycles. The first-order chi connectivity index (χ1) is 12.1. The van der Waals surface area contributed by atoms with E-state index >= 15 is 0 Å². The van der Waals surface area contributed by atoms with Crippen molar-refractivity contribution >= 4 is 47.3 Å². The number of carbonyl (C=O) groups is 1. The number of pyridine rings is 1. The lowest BCUT2D eigenvalue weighted by Crippen LogP contribution is -2.33. The number of likely N-dealkylation sites (N-methyl/N-ethyl adjacent to an activating group) is 1. The number of H-pyrrole nitrogens is 1. The second-order valence-corrected chi connectivity index (χ2v) is 6.89. The van der Waals surface area contributed by atoms with Crippen LogP contribution in [0.5, 0.6) is 0 Å². The third-order valence-corrected chi connectivity index (χ3v) is 5.09. The Morgan fingerprint density at radius 3 is 2.57 bits per heavy atom. The molecule has 6 nitrogen and oxygen atoms in total. The molecular weight excluding hydrogens is 399 g/mol. The van der Waals surface area contributed by atoms with Crippen LogP contribution in [0.2, 0.25) is 0 Å². The number of hydrogen-bond acceptors (Lipinski definition) is 3. The predicted octanol–water partition coefficient (Wildman–Crippen LogP) is 3.25. The highest BCUT2D eigenvalue weighted by Crippen LogP contribution is 2.31. The molecule has 0 fully saturated rings.